The third-order valence-electron chi connectivity index (χ3n) is 2.95. The molecule has 9 heteroatoms. The Hall–Kier alpha value is -2.00. The summed E-state index contributed by atoms with van der Waals surface area (Å²) in [5, 5.41) is 19.4. The quantitative estimate of drug-likeness (QED) is 0.600. The first-order chi connectivity index (χ1) is 9.66. The maximum absolute atomic E-state index is 12.2. The second-order valence-electron chi connectivity index (χ2n) is 4.53. The first-order valence-corrected chi connectivity index (χ1v) is 7.53. The zero-order valence-electron chi connectivity index (χ0n) is 11.6. The molecule has 0 heterocycles. The molecule has 0 atom stereocenters. The van der Waals surface area contributed by atoms with Crippen molar-refractivity contribution in [1.82, 2.24) is 4.31 Å². The van der Waals surface area contributed by atoms with Crippen LogP contribution >= 0.6 is 0 Å². The van der Waals surface area contributed by atoms with Gasteiger partial charge in [0.1, 0.15) is 0 Å². The highest BCUT2D eigenvalue weighted by molar-refractivity contribution is 7.89. The lowest BCUT2D eigenvalue weighted by molar-refractivity contribution is -0.385. The number of benzene rings is 1. The normalized spacial score (nSPS) is 11.6. The van der Waals surface area contributed by atoms with E-state index >= 15 is 0 Å². The molecule has 1 rings (SSSR count). The van der Waals surface area contributed by atoms with Crippen molar-refractivity contribution in [3.8, 4) is 0 Å². The van der Waals surface area contributed by atoms with Gasteiger partial charge in [-0.05, 0) is 19.4 Å². The van der Waals surface area contributed by atoms with Crippen molar-refractivity contribution in [2.45, 2.75) is 24.7 Å². The molecule has 21 heavy (non-hydrogen) atoms. The van der Waals surface area contributed by atoms with Gasteiger partial charge in [0.15, 0.2) is 0 Å². The van der Waals surface area contributed by atoms with E-state index in [-0.39, 0.29) is 30.0 Å². The smallest absolute Gasteiger partial charge is 0.303 e. The molecule has 0 radical (unpaired) electrons. The number of nitro benzene ring substituents is 1. The molecule has 0 amide bonds. The molecule has 1 N–H and O–H groups in total. The number of carboxylic acid groups (broad SMARTS) is 1. The number of carbonyl (C=O) groups is 1. The van der Waals surface area contributed by atoms with Gasteiger partial charge < -0.3 is 5.11 Å². The lowest BCUT2D eigenvalue weighted by atomic mass is 10.2. The van der Waals surface area contributed by atoms with Gasteiger partial charge in [-0.15, -0.1) is 0 Å². The number of hydrogen-bond acceptors (Lipinski definition) is 5. The van der Waals surface area contributed by atoms with E-state index in [0.717, 1.165) is 10.4 Å². The zero-order valence-corrected chi connectivity index (χ0v) is 12.5. The van der Waals surface area contributed by atoms with Crippen LogP contribution in [-0.2, 0) is 14.8 Å². The van der Waals surface area contributed by atoms with Gasteiger partial charge in [-0.3, -0.25) is 14.9 Å². The van der Waals surface area contributed by atoms with Gasteiger partial charge in [0, 0.05) is 31.6 Å². The van der Waals surface area contributed by atoms with Crippen LogP contribution in [0.15, 0.2) is 23.1 Å². The SMILES string of the molecule is Cc1ccc(S(=O)(=O)N(C)CCCC(=O)O)cc1[N+](=O)[O-]. The summed E-state index contributed by atoms with van der Waals surface area (Å²) in [6.07, 6.45) is 0.0208. The van der Waals surface area contributed by atoms with Crippen molar-refractivity contribution in [3.05, 3.63) is 33.9 Å². The number of carboxylic acids is 1. The Morgan fingerprint density at radius 3 is 2.57 bits per heavy atom. The second kappa shape index (κ2) is 6.64. The van der Waals surface area contributed by atoms with Crippen molar-refractivity contribution < 1.29 is 23.2 Å². The van der Waals surface area contributed by atoms with E-state index < -0.39 is 20.9 Å². The van der Waals surface area contributed by atoms with Crippen molar-refractivity contribution >= 4 is 21.7 Å². The Morgan fingerprint density at radius 2 is 2.05 bits per heavy atom. The number of nitrogens with zero attached hydrogens (tertiary/aromatic N) is 2. The Morgan fingerprint density at radius 1 is 1.43 bits per heavy atom. The summed E-state index contributed by atoms with van der Waals surface area (Å²) in [5.41, 5.74) is 0.0995. The Balaban J connectivity index is 2.99. The summed E-state index contributed by atoms with van der Waals surface area (Å²) >= 11 is 0. The fraction of sp³-hybridized carbons (Fsp3) is 0.417. The summed E-state index contributed by atoms with van der Waals surface area (Å²) in [6, 6.07) is 3.68. The van der Waals surface area contributed by atoms with Gasteiger partial charge in [-0.25, -0.2) is 12.7 Å². The third-order valence-corrected chi connectivity index (χ3v) is 4.80. The van der Waals surface area contributed by atoms with Crippen molar-refractivity contribution in [3.63, 3.8) is 0 Å². The van der Waals surface area contributed by atoms with E-state index in [0.29, 0.717) is 5.56 Å². The van der Waals surface area contributed by atoms with E-state index in [1.807, 2.05) is 0 Å². The summed E-state index contributed by atoms with van der Waals surface area (Å²) in [7, 11) is -2.57. The molecule has 0 spiro atoms. The van der Waals surface area contributed by atoms with Crippen LogP contribution in [0, 0.1) is 17.0 Å². The highest BCUT2D eigenvalue weighted by Gasteiger charge is 2.23. The molecule has 1 aromatic carbocycles. The lowest BCUT2D eigenvalue weighted by Crippen LogP contribution is -2.28. The van der Waals surface area contributed by atoms with E-state index in [1.165, 1.54) is 26.1 Å². The summed E-state index contributed by atoms with van der Waals surface area (Å²) in [5.74, 6) is -1.01. The van der Waals surface area contributed by atoms with Gasteiger partial charge >= 0.3 is 5.97 Å². The number of nitro groups is 1. The molecule has 8 nitrogen and oxygen atoms in total. The fourth-order valence-electron chi connectivity index (χ4n) is 1.70. The van der Waals surface area contributed by atoms with Crippen LogP contribution < -0.4 is 0 Å². The predicted octanol–water partition coefficient (Wildman–Crippen LogP) is 1.39. The minimum absolute atomic E-state index is 0.0241. The average Bonchev–Trinajstić information content (AvgIpc) is 2.37. The van der Waals surface area contributed by atoms with Crippen LogP contribution in [0.25, 0.3) is 0 Å². The number of sulfonamides is 1. The molecular formula is C12H16N2O6S. The summed E-state index contributed by atoms with van der Waals surface area (Å²) in [4.78, 5) is 20.4. The highest BCUT2D eigenvalue weighted by Crippen LogP contribution is 2.24. The van der Waals surface area contributed by atoms with Gasteiger partial charge in [0.25, 0.3) is 5.69 Å². The average molecular weight is 316 g/mol. The Labute approximate surface area is 122 Å². The van der Waals surface area contributed by atoms with Crippen LogP contribution in [0.2, 0.25) is 0 Å². The van der Waals surface area contributed by atoms with Gasteiger partial charge in [-0.2, -0.15) is 0 Å². The lowest BCUT2D eigenvalue weighted by Gasteiger charge is -2.16. The molecule has 0 aromatic heterocycles. The van der Waals surface area contributed by atoms with Crippen LogP contribution in [0.1, 0.15) is 18.4 Å². The minimum Gasteiger partial charge on any atom is -0.481 e. The molecule has 0 fully saturated rings. The summed E-state index contributed by atoms with van der Waals surface area (Å²) < 4.78 is 25.5. The molecule has 116 valence electrons. The number of aliphatic carboxylic acids is 1. The van der Waals surface area contributed by atoms with E-state index in [1.54, 1.807) is 0 Å². The first-order valence-electron chi connectivity index (χ1n) is 6.09. The van der Waals surface area contributed by atoms with Crippen LogP contribution in [0.3, 0.4) is 0 Å². The van der Waals surface area contributed by atoms with Gasteiger partial charge in [0.05, 0.1) is 9.82 Å². The van der Waals surface area contributed by atoms with Crippen LogP contribution in [0.4, 0.5) is 5.69 Å². The van der Waals surface area contributed by atoms with Crippen molar-refractivity contribution in [2.24, 2.45) is 0 Å². The van der Waals surface area contributed by atoms with Crippen molar-refractivity contribution in [2.75, 3.05) is 13.6 Å². The molecule has 0 saturated heterocycles. The monoisotopic (exact) mass is 316 g/mol. The van der Waals surface area contributed by atoms with Gasteiger partial charge in [-0.1, -0.05) is 6.07 Å². The molecular weight excluding hydrogens is 300 g/mol. The summed E-state index contributed by atoms with van der Waals surface area (Å²) in [6.45, 7) is 1.54. The fourth-order valence-corrected chi connectivity index (χ4v) is 2.93. The first kappa shape index (κ1) is 17.1. The second-order valence-corrected chi connectivity index (χ2v) is 6.57. The van der Waals surface area contributed by atoms with Crippen LogP contribution in [-0.4, -0.2) is 42.3 Å². The molecule has 0 aliphatic heterocycles. The molecule has 0 saturated carbocycles. The van der Waals surface area contributed by atoms with Crippen LogP contribution in [0.5, 0.6) is 0 Å². The minimum atomic E-state index is -3.87. The zero-order chi connectivity index (χ0) is 16.2. The predicted molar refractivity (Wildman–Crippen MR) is 74.5 cm³/mol. The number of rotatable bonds is 7. The Kier molecular flexibility index (Phi) is 5.39. The number of hydrogen-bond donors (Lipinski definition) is 1. The van der Waals surface area contributed by atoms with Crippen molar-refractivity contribution in [1.29, 1.82) is 0 Å². The topological polar surface area (TPSA) is 118 Å². The molecule has 0 bridgehead atoms. The Bertz CT molecular complexity index is 656. The van der Waals surface area contributed by atoms with E-state index in [2.05, 4.69) is 0 Å². The molecule has 1 aromatic rings. The third kappa shape index (κ3) is 4.23. The molecule has 0 unspecified atom stereocenters. The molecule has 0 aliphatic carbocycles. The standard InChI is InChI=1S/C12H16N2O6S/c1-9-5-6-10(8-11(9)14(17)18)21(19,20)13(2)7-3-4-12(15)16/h5-6,8H,3-4,7H2,1-2H3,(H,15,16). The van der Waals surface area contributed by atoms with E-state index in [9.17, 15) is 23.3 Å². The maximum atomic E-state index is 12.2. The van der Waals surface area contributed by atoms with E-state index in [4.69, 9.17) is 5.11 Å². The number of aryl methyl sites for hydroxylation is 1. The van der Waals surface area contributed by atoms with Gasteiger partial charge in [0.2, 0.25) is 10.0 Å². The molecule has 0 aliphatic rings. The highest BCUT2D eigenvalue weighted by atomic mass is 32.2. The largest absolute Gasteiger partial charge is 0.481 e. The maximum Gasteiger partial charge on any atom is 0.303 e.